The molecule has 1 aromatic rings. The molecule has 1 spiro atoms. The molecule has 3 heterocycles. The largest absolute Gasteiger partial charge is 0.342 e. The summed E-state index contributed by atoms with van der Waals surface area (Å²) >= 11 is 1.75. The summed E-state index contributed by atoms with van der Waals surface area (Å²) in [5.74, 6) is 0.376. The van der Waals surface area contributed by atoms with Crippen molar-refractivity contribution in [1.82, 2.24) is 14.7 Å². The average molecular weight is 362 g/mol. The van der Waals surface area contributed by atoms with E-state index < -0.39 is 0 Å². The topological polar surface area (TPSA) is 26.8 Å². The minimum absolute atomic E-state index is 0.0892. The fourth-order valence-corrected chi connectivity index (χ4v) is 6.32. The van der Waals surface area contributed by atoms with E-state index in [1.807, 2.05) is 0 Å². The number of likely N-dealkylation sites (tertiary alicyclic amines) is 1. The van der Waals surface area contributed by atoms with Crippen LogP contribution in [0.1, 0.15) is 38.0 Å². The molecule has 0 radical (unpaired) electrons. The Kier molecular flexibility index (Phi) is 4.06. The van der Waals surface area contributed by atoms with Gasteiger partial charge in [-0.3, -0.25) is 9.69 Å². The van der Waals surface area contributed by atoms with Crippen LogP contribution in [-0.2, 0) is 10.2 Å². The lowest BCUT2D eigenvalue weighted by atomic mass is 9.82. The Labute approximate surface area is 155 Å². The van der Waals surface area contributed by atoms with Crippen LogP contribution in [0, 0.1) is 5.41 Å². The molecule has 3 aliphatic rings. The van der Waals surface area contributed by atoms with Crippen LogP contribution in [0.3, 0.4) is 0 Å². The first kappa shape index (κ1) is 17.5. The summed E-state index contributed by atoms with van der Waals surface area (Å²) < 4.78 is 0. The number of thiophene rings is 1. The second-order valence-electron chi connectivity index (χ2n) is 9.12. The third-order valence-electron chi connectivity index (χ3n) is 7.22. The number of amides is 1. The lowest BCUT2D eigenvalue weighted by Gasteiger charge is -2.52. The number of carbonyl (C=O) groups is 1. The molecular weight excluding hydrogens is 330 g/mol. The average Bonchev–Trinajstić information content (AvgIpc) is 2.94. The third kappa shape index (κ3) is 2.58. The van der Waals surface area contributed by atoms with Crippen molar-refractivity contribution in [2.75, 3.05) is 46.8 Å². The maximum Gasteiger partial charge on any atom is 0.234 e. The molecule has 1 saturated carbocycles. The summed E-state index contributed by atoms with van der Waals surface area (Å²) in [5.41, 5.74) is 0.0891. The van der Waals surface area contributed by atoms with E-state index in [9.17, 15) is 4.79 Å². The van der Waals surface area contributed by atoms with Crippen LogP contribution in [0.15, 0.2) is 17.5 Å². The van der Waals surface area contributed by atoms with Crippen molar-refractivity contribution in [3.05, 3.63) is 22.4 Å². The number of hydrogen-bond acceptors (Lipinski definition) is 4. The number of piperidine rings is 1. The van der Waals surface area contributed by atoms with E-state index in [-0.39, 0.29) is 16.4 Å². The smallest absolute Gasteiger partial charge is 0.234 e. The van der Waals surface area contributed by atoms with E-state index in [0.29, 0.717) is 5.91 Å². The monoisotopic (exact) mass is 361 g/mol. The molecule has 0 bridgehead atoms. The fraction of sp³-hybridized carbons (Fsp3) is 0.750. The van der Waals surface area contributed by atoms with E-state index in [4.69, 9.17) is 0 Å². The van der Waals surface area contributed by atoms with E-state index in [2.05, 4.69) is 60.2 Å². The lowest BCUT2D eigenvalue weighted by molar-refractivity contribution is -0.138. The first-order valence-corrected chi connectivity index (χ1v) is 10.4. The third-order valence-corrected chi connectivity index (χ3v) is 8.25. The van der Waals surface area contributed by atoms with Gasteiger partial charge in [-0.1, -0.05) is 19.9 Å². The Morgan fingerprint density at radius 1 is 1.12 bits per heavy atom. The maximum atomic E-state index is 13.5. The van der Waals surface area contributed by atoms with Crippen LogP contribution in [0.4, 0.5) is 0 Å². The molecule has 3 fully saturated rings. The number of carbonyl (C=O) groups excluding carboxylic acids is 1. The zero-order valence-corrected chi connectivity index (χ0v) is 16.9. The van der Waals surface area contributed by atoms with Crippen molar-refractivity contribution in [2.45, 2.75) is 44.1 Å². The van der Waals surface area contributed by atoms with E-state index in [1.54, 1.807) is 11.3 Å². The van der Waals surface area contributed by atoms with Crippen molar-refractivity contribution >= 4 is 17.2 Å². The van der Waals surface area contributed by atoms with Crippen molar-refractivity contribution in [3.8, 4) is 0 Å². The Morgan fingerprint density at radius 2 is 1.80 bits per heavy atom. The normalized spacial score (nSPS) is 32.1. The van der Waals surface area contributed by atoms with Crippen LogP contribution in [-0.4, -0.2) is 73.0 Å². The van der Waals surface area contributed by atoms with Gasteiger partial charge in [-0.2, -0.15) is 0 Å². The summed E-state index contributed by atoms with van der Waals surface area (Å²) in [6.07, 6.45) is 3.19. The molecule has 1 atom stereocenters. The molecule has 138 valence electrons. The van der Waals surface area contributed by atoms with Gasteiger partial charge in [-0.15, -0.1) is 11.3 Å². The molecule has 0 N–H and O–H groups in total. The Hall–Kier alpha value is -0.910. The molecule has 1 aromatic heterocycles. The summed E-state index contributed by atoms with van der Waals surface area (Å²) in [6, 6.07) is 4.24. The highest BCUT2D eigenvalue weighted by molar-refractivity contribution is 7.10. The van der Waals surface area contributed by atoms with Crippen LogP contribution >= 0.6 is 11.3 Å². The van der Waals surface area contributed by atoms with Crippen LogP contribution in [0.25, 0.3) is 0 Å². The SMILES string of the molecule is CN1CCN(C)C2(CCN(C(=O)[C@@]3(c4cccs4)CC3(C)C)CC2)C1. The van der Waals surface area contributed by atoms with Crippen molar-refractivity contribution in [3.63, 3.8) is 0 Å². The molecule has 4 nitrogen and oxygen atoms in total. The summed E-state index contributed by atoms with van der Waals surface area (Å²) in [4.78, 5) is 22.0. The number of nitrogens with zero attached hydrogens (tertiary/aromatic N) is 3. The number of rotatable bonds is 2. The summed E-state index contributed by atoms with van der Waals surface area (Å²) in [7, 11) is 4.49. The molecule has 25 heavy (non-hydrogen) atoms. The van der Waals surface area contributed by atoms with Crippen LogP contribution in [0.2, 0.25) is 0 Å². The van der Waals surface area contributed by atoms with Crippen molar-refractivity contribution in [2.24, 2.45) is 5.41 Å². The molecular formula is C20H31N3OS. The van der Waals surface area contributed by atoms with Gasteiger partial charge in [0.1, 0.15) is 0 Å². The van der Waals surface area contributed by atoms with Gasteiger partial charge in [0.2, 0.25) is 5.91 Å². The van der Waals surface area contributed by atoms with Gasteiger partial charge in [-0.25, -0.2) is 0 Å². The van der Waals surface area contributed by atoms with Gasteiger partial charge >= 0.3 is 0 Å². The number of piperazine rings is 1. The van der Waals surface area contributed by atoms with Gasteiger partial charge in [-0.05, 0) is 50.2 Å². The van der Waals surface area contributed by atoms with E-state index >= 15 is 0 Å². The molecule has 1 aliphatic carbocycles. The minimum atomic E-state index is -0.263. The van der Waals surface area contributed by atoms with Gasteiger partial charge in [0.25, 0.3) is 0 Å². The molecule has 5 heteroatoms. The van der Waals surface area contributed by atoms with Gasteiger partial charge in [0, 0.05) is 43.1 Å². The first-order valence-electron chi connectivity index (χ1n) is 9.54. The molecule has 1 amide bonds. The first-order chi connectivity index (χ1) is 11.8. The molecule has 0 aromatic carbocycles. The summed E-state index contributed by atoms with van der Waals surface area (Å²) in [5, 5.41) is 2.11. The highest BCUT2D eigenvalue weighted by Crippen LogP contribution is 2.66. The van der Waals surface area contributed by atoms with E-state index in [0.717, 1.165) is 52.0 Å². The van der Waals surface area contributed by atoms with Gasteiger partial charge in [0.15, 0.2) is 0 Å². The maximum absolute atomic E-state index is 13.5. The van der Waals surface area contributed by atoms with Crippen molar-refractivity contribution < 1.29 is 4.79 Å². The van der Waals surface area contributed by atoms with Gasteiger partial charge < -0.3 is 9.80 Å². The zero-order valence-electron chi connectivity index (χ0n) is 16.0. The number of likely N-dealkylation sites (N-methyl/N-ethyl adjacent to an activating group) is 2. The van der Waals surface area contributed by atoms with Gasteiger partial charge in [0.05, 0.1) is 5.41 Å². The molecule has 2 saturated heterocycles. The Bertz CT molecular complexity index is 648. The van der Waals surface area contributed by atoms with Crippen molar-refractivity contribution in [1.29, 1.82) is 0 Å². The zero-order chi connectivity index (χ0) is 17.9. The molecule has 0 unspecified atom stereocenters. The minimum Gasteiger partial charge on any atom is -0.342 e. The summed E-state index contributed by atoms with van der Waals surface area (Å²) in [6.45, 7) is 9.72. The predicted molar refractivity (Wildman–Crippen MR) is 103 cm³/mol. The van der Waals surface area contributed by atoms with Crippen LogP contribution in [0.5, 0.6) is 0 Å². The Balaban J connectivity index is 1.50. The molecule has 2 aliphatic heterocycles. The predicted octanol–water partition coefficient (Wildman–Crippen LogP) is 2.65. The highest BCUT2D eigenvalue weighted by Gasteiger charge is 2.68. The van der Waals surface area contributed by atoms with E-state index in [1.165, 1.54) is 4.88 Å². The second-order valence-corrected chi connectivity index (χ2v) is 10.1. The van der Waals surface area contributed by atoms with Crippen LogP contribution < -0.4 is 0 Å². The lowest BCUT2D eigenvalue weighted by Crippen LogP contribution is -2.64. The highest BCUT2D eigenvalue weighted by atomic mass is 32.1. The number of hydrogen-bond donors (Lipinski definition) is 0. The fourth-order valence-electron chi connectivity index (χ4n) is 5.23. The standard InChI is InChI=1S/C20H31N3OS/c1-18(2)14-20(18,16-6-5-13-25-16)17(24)23-9-7-19(8-10-23)15-21(3)11-12-22(19)4/h5-6,13H,7-12,14-15H2,1-4H3/t20-/m0/s1. The Morgan fingerprint density at radius 3 is 2.36 bits per heavy atom. The quantitative estimate of drug-likeness (QED) is 0.810. The molecule has 4 rings (SSSR count). The second kappa shape index (κ2) is 5.80.